The van der Waals surface area contributed by atoms with Gasteiger partial charge in [0.05, 0.1) is 5.69 Å². The van der Waals surface area contributed by atoms with Gasteiger partial charge in [0.1, 0.15) is 11.9 Å². The SMILES string of the molecule is Cn1cc(-c2ccc3c(c2)CN(C2CCC(=O)NC2=O)C3=O)nc1-c1ccc(C2CCCCC2)cc1. The fourth-order valence-electron chi connectivity index (χ4n) is 5.95. The topological polar surface area (TPSA) is 84.3 Å². The minimum Gasteiger partial charge on any atom is -0.333 e. The van der Waals surface area contributed by atoms with Crippen LogP contribution in [0.25, 0.3) is 22.6 Å². The van der Waals surface area contributed by atoms with E-state index < -0.39 is 11.9 Å². The van der Waals surface area contributed by atoms with Crippen molar-refractivity contribution in [3.63, 3.8) is 0 Å². The van der Waals surface area contributed by atoms with E-state index in [9.17, 15) is 14.4 Å². The number of rotatable bonds is 4. The number of imide groups is 1. The highest BCUT2D eigenvalue weighted by atomic mass is 16.2. The first-order valence-electron chi connectivity index (χ1n) is 12.9. The zero-order chi connectivity index (χ0) is 24.8. The summed E-state index contributed by atoms with van der Waals surface area (Å²) in [6.45, 7) is 0.358. The number of carbonyl (C=O) groups excluding carboxylic acids is 3. The Morgan fingerprint density at radius 3 is 2.42 bits per heavy atom. The third-order valence-corrected chi connectivity index (χ3v) is 7.94. The molecule has 1 saturated carbocycles. The predicted octanol–water partition coefficient (Wildman–Crippen LogP) is 4.56. The van der Waals surface area contributed by atoms with Crippen molar-refractivity contribution in [2.24, 2.45) is 7.05 Å². The lowest BCUT2D eigenvalue weighted by molar-refractivity contribution is -0.136. The third-order valence-electron chi connectivity index (χ3n) is 7.94. The van der Waals surface area contributed by atoms with Crippen LogP contribution < -0.4 is 5.32 Å². The zero-order valence-corrected chi connectivity index (χ0v) is 20.5. The van der Waals surface area contributed by atoms with Crippen molar-refractivity contribution in [3.8, 4) is 22.6 Å². The van der Waals surface area contributed by atoms with Crippen molar-refractivity contribution < 1.29 is 14.4 Å². The standard InChI is InChI=1S/C29H30N4O3/c1-32-17-24(30-27(32)20-9-7-19(8-10-20)18-5-3-2-4-6-18)21-11-12-23-22(15-21)16-33(29(23)36)25-13-14-26(34)31-28(25)35/h7-12,15,17-18,25H,2-6,13-14,16H2,1H3,(H,31,34,35). The summed E-state index contributed by atoms with van der Waals surface area (Å²) in [5, 5.41) is 2.35. The van der Waals surface area contributed by atoms with E-state index in [1.54, 1.807) is 4.90 Å². The summed E-state index contributed by atoms with van der Waals surface area (Å²) in [4.78, 5) is 43.3. The number of benzene rings is 2. The van der Waals surface area contributed by atoms with Gasteiger partial charge in [-0.05, 0) is 48.4 Å². The molecule has 0 radical (unpaired) electrons. The molecule has 1 aromatic heterocycles. The van der Waals surface area contributed by atoms with Crippen molar-refractivity contribution in [1.29, 1.82) is 0 Å². The number of carbonyl (C=O) groups is 3. The number of aryl methyl sites for hydroxylation is 1. The number of hydrogen-bond donors (Lipinski definition) is 1. The molecule has 0 spiro atoms. The van der Waals surface area contributed by atoms with Crippen LogP contribution in [-0.2, 0) is 23.2 Å². The molecule has 2 aromatic carbocycles. The van der Waals surface area contributed by atoms with Crippen LogP contribution in [0.3, 0.4) is 0 Å². The van der Waals surface area contributed by atoms with Crippen LogP contribution in [0, 0.1) is 0 Å². The van der Waals surface area contributed by atoms with E-state index in [4.69, 9.17) is 4.98 Å². The van der Waals surface area contributed by atoms with Crippen molar-refractivity contribution >= 4 is 17.7 Å². The quantitative estimate of drug-likeness (QED) is 0.553. The molecule has 1 aliphatic carbocycles. The summed E-state index contributed by atoms with van der Waals surface area (Å²) >= 11 is 0. The van der Waals surface area contributed by atoms with E-state index in [0.717, 1.165) is 28.2 Å². The molecule has 3 heterocycles. The third kappa shape index (κ3) is 4.02. The van der Waals surface area contributed by atoms with Crippen molar-refractivity contribution in [2.75, 3.05) is 0 Å². The number of hydrogen-bond acceptors (Lipinski definition) is 4. The van der Waals surface area contributed by atoms with E-state index in [-0.39, 0.29) is 18.2 Å². The number of aromatic nitrogens is 2. The molecule has 1 atom stereocenters. The lowest BCUT2D eigenvalue weighted by atomic mass is 9.84. The molecule has 7 heteroatoms. The lowest BCUT2D eigenvalue weighted by Crippen LogP contribution is -2.52. The Kier molecular flexibility index (Phi) is 5.70. The molecular weight excluding hydrogens is 452 g/mol. The summed E-state index contributed by atoms with van der Waals surface area (Å²) in [7, 11) is 2.00. The van der Waals surface area contributed by atoms with Crippen LogP contribution in [0.4, 0.5) is 0 Å². The van der Waals surface area contributed by atoms with Gasteiger partial charge in [-0.2, -0.15) is 0 Å². The van der Waals surface area contributed by atoms with Crippen LogP contribution in [0.1, 0.15) is 72.3 Å². The first kappa shape index (κ1) is 22.7. The largest absolute Gasteiger partial charge is 0.333 e. The van der Waals surface area contributed by atoms with Crippen molar-refractivity contribution in [2.45, 2.75) is 63.5 Å². The molecule has 0 bridgehead atoms. The normalized spacial score (nSPS) is 20.5. The second-order valence-electron chi connectivity index (χ2n) is 10.3. The van der Waals surface area contributed by atoms with E-state index in [1.165, 1.54) is 37.7 Å². The summed E-state index contributed by atoms with van der Waals surface area (Å²) in [6, 6.07) is 14.0. The molecule has 1 N–H and O–H groups in total. The molecule has 1 unspecified atom stereocenters. The summed E-state index contributed by atoms with van der Waals surface area (Å²) in [5.41, 5.74) is 5.79. The number of amides is 3. The number of piperidine rings is 1. The van der Waals surface area contributed by atoms with Crippen molar-refractivity contribution in [1.82, 2.24) is 19.8 Å². The molecule has 6 rings (SSSR count). The summed E-state index contributed by atoms with van der Waals surface area (Å²) in [6.07, 6.45) is 9.21. The van der Waals surface area contributed by atoms with Crippen LogP contribution >= 0.6 is 0 Å². The maximum absolute atomic E-state index is 13.0. The first-order chi connectivity index (χ1) is 17.5. The molecule has 36 heavy (non-hydrogen) atoms. The number of imidazole rings is 1. The minimum atomic E-state index is -0.607. The Bertz CT molecular complexity index is 1350. The van der Waals surface area contributed by atoms with Gasteiger partial charge in [0.15, 0.2) is 0 Å². The Hall–Kier alpha value is -3.74. The van der Waals surface area contributed by atoms with Gasteiger partial charge in [-0.25, -0.2) is 4.98 Å². The Morgan fingerprint density at radius 1 is 0.917 bits per heavy atom. The van der Waals surface area contributed by atoms with Gasteiger partial charge in [0.2, 0.25) is 11.8 Å². The highest BCUT2D eigenvalue weighted by Crippen LogP contribution is 2.35. The molecule has 184 valence electrons. The highest BCUT2D eigenvalue weighted by molar-refractivity contribution is 6.05. The molecule has 2 aliphatic heterocycles. The molecular formula is C29H30N4O3. The maximum atomic E-state index is 13.0. The second-order valence-corrected chi connectivity index (χ2v) is 10.3. The average Bonchev–Trinajstić information content (AvgIpc) is 3.44. The zero-order valence-electron chi connectivity index (χ0n) is 20.5. The summed E-state index contributed by atoms with van der Waals surface area (Å²) < 4.78 is 2.04. The van der Waals surface area contributed by atoms with Crippen LogP contribution in [0.5, 0.6) is 0 Å². The van der Waals surface area contributed by atoms with E-state index >= 15 is 0 Å². The number of nitrogens with one attached hydrogen (secondary N) is 1. The van der Waals surface area contributed by atoms with Gasteiger partial charge in [-0.3, -0.25) is 19.7 Å². The molecule has 3 aromatic rings. The van der Waals surface area contributed by atoms with Crippen molar-refractivity contribution in [3.05, 3.63) is 65.4 Å². The fraction of sp³-hybridized carbons (Fsp3) is 0.379. The van der Waals surface area contributed by atoms with Gasteiger partial charge >= 0.3 is 0 Å². The highest BCUT2D eigenvalue weighted by Gasteiger charge is 2.39. The van der Waals surface area contributed by atoms with Crippen LogP contribution in [0.2, 0.25) is 0 Å². The first-order valence-corrected chi connectivity index (χ1v) is 12.9. The monoisotopic (exact) mass is 482 g/mol. The second kappa shape index (κ2) is 9.04. The number of fused-ring (bicyclic) bond motifs is 1. The Balaban J connectivity index is 1.23. The van der Waals surface area contributed by atoms with Gasteiger partial charge in [0, 0.05) is 42.9 Å². The van der Waals surface area contributed by atoms with Gasteiger partial charge in [0.25, 0.3) is 5.91 Å². The fourth-order valence-corrected chi connectivity index (χ4v) is 5.95. The molecule has 1 saturated heterocycles. The Labute approximate surface area is 210 Å². The molecule has 3 amide bonds. The minimum absolute atomic E-state index is 0.161. The van der Waals surface area contributed by atoms with Crippen LogP contribution in [-0.4, -0.2) is 38.2 Å². The van der Waals surface area contributed by atoms with Gasteiger partial charge in [-0.1, -0.05) is 49.6 Å². The van der Waals surface area contributed by atoms with E-state index in [0.29, 0.717) is 24.4 Å². The van der Waals surface area contributed by atoms with Gasteiger partial charge < -0.3 is 9.47 Å². The lowest BCUT2D eigenvalue weighted by Gasteiger charge is -2.29. The van der Waals surface area contributed by atoms with Gasteiger partial charge in [-0.15, -0.1) is 0 Å². The predicted molar refractivity (Wildman–Crippen MR) is 136 cm³/mol. The summed E-state index contributed by atoms with van der Waals surface area (Å²) in [5.74, 6) is 0.750. The maximum Gasteiger partial charge on any atom is 0.255 e. The molecule has 3 aliphatic rings. The van der Waals surface area contributed by atoms with E-state index in [1.807, 2.05) is 36.0 Å². The van der Waals surface area contributed by atoms with Crippen LogP contribution in [0.15, 0.2) is 48.7 Å². The molecule has 2 fully saturated rings. The smallest absolute Gasteiger partial charge is 0.255 e. The van der Waals surface area contributed by atoms with E-state index in [2.05, 4.69) is 29.6 Å². The Morgan fingerprint density at radius 2 is 1.67 bits per heavy atom. The number of nitrogens with zero attached hydrogens (tertiary/aromatic N) is 3. The molecule has 7 nitrogen and oxygen atoms in total. The average molecular weight is 483 g/mol.